The van der Waals surface area contributed by atoms with Crippen LogP contribution in [0.25, 0.3) is 0 Å². The van der Waals surface area contributed by atoms with Crippen LogP contribution in [0.5, 0.6) is 0 Å². The molecule has 5 heteroatoms. The molecule has 2 unspecified atom stereocenters. The summed E-state index contributed by atoms with van der Waals surface area (Å²) in [6, 6.07) is 8.23. The molecule has 1 aromatic carbocycles. The van der Waals surface area contributed by atoms with Gasteiger partial charge in [0.25, 0.3) is 0 Å². The topological polar surface area (TPSA) is 72.2 Å². The highest BCUT2D eigenvalue weighted by Gasteiger charge is 2.25. The Morgan fingerprint density at radius 1 is 1.06 bits per heavy atom. The Morgan fingerprint density at radius 3 is 2.44 bits per heavy atom. The van der Waals surface area contributed by atoms with Gasteiger partial charge in [0.05, 0.1) is 4.90 Å². The molecule has 18 heavy (non-hydrogen) atoms. The third-order valence-electron chi connectivity index (χ3n) is 3.43. The fourth-order valence-electron chi connectivity index (χ4n) is 2.35. The zero-order chi connectivity index (χ0) is 13.0. The number of nitrogens with two attached hydrogens (primary N) is 1. The second-order valence-corrected chi connectivity index (χ2v) is 6.56. The van der Waals surface area contributed by atoms with Crippen molar-refractivity contribution in [3.63, 3.8) is 0 Å². The zero-order valence-corrected chi connectivity index (χ0v) is 11.2. The molecule has 0 radical (unpaired) electrons. The van der Waals surface area contributed by atoms with Crippen molar-refractivity contribution in [1.82, 2.24) is 4.72 Å². The largest absolute Gasteiger partial charge is 0.326 e. The molecule has 1 aromatic rings. The van der Waals surface area contributed by atoms with E-state index >= 15 is 0 Å². The van der Waals surface area contributed by atoms with E-state index in [4.69, 9.17) is 5.73 Å². The van der Waals surface area contributed by atoms with Crippen LogP contribution in [0.2, 0.25) is 0 Å². The maximum Gasteiger partial charge on any atom is 0.240 e. The molecule has 0 bridgehead atoms. The van der Waals surface area contributed by atoms with Crippen LogP contribution in [0.1, 0.15) is 32.1 Å². The second-order valence-electron chi connectivity index (χ2n) is 4.84. The van der Waals surface area contributed by atoms with Crippen molar-refractivity contribution in [2.45, 2.75) is 49.1 Å². The number of rotatable bonds is 3. The van der Waals surface area contributed by atoms with E-state index in [-0.39, 0.29) is 12.1 Å². The Bertz CT molecular complexity index is 473. The fraction of sp³-hybridized carbons (Fsp3) is 0.538. The summed E-state index contributed by atoms with van der Waals surface area (Å²) in [6.45, 7) is 0. The smallest absolute Gasteiger partial charge is 0.240 e. The summed E-state index contributed by atoms with van der Waals surface area (Å²) in [4.78, 5) is 0.307. The molecule has 1 saturated carbocycles. The monoisotopic (exact) mass is 268 g/mol. The third-order valence-corrected chi connectivity index (χ3v) is 4.94. The van der Waals surface area contributed by atoms with Crippen molar-refractivity contribution >= 4 is 10.0 Å². The van der Waals surface area contributed by atoms with Crippen LogP contribution < -0.4 is 10.5 Å². The number of hydrogen-bond acceptors (Lipinski definition) is 3. The van der Waals surface area contributed by atoms with Gasteiger partial charge in [-0.25, -0.2) is 13.1 Å². The minimum Gasteiger partial charge on any atom is -0.326 e. The molecule has 0 aliphatic heterocycles. The van der Waals surface area contributed by atoms with Gasteiger partial charge in [-0.1, -0.05) is 37.5 Å². The summed E-state index contributed by atoms with van der Waals surface area (Å²) in [7, 11) is -3.44. The fourth-order valence-corrected chi connectivity index (χ4v) is 3.69. The molecular weight excluding hydrogens is 248 g/mol. The van der Waals surface area contributed by atoms with Gasteiger partial charge in [0.1, 0.15) is 0 Å². The lowest BCUT2D eigenvalue weighted by Crippen LogP contribution is -2.46. The Kier molecular flexibility index (Phi) is 4.37. The third kappa shape index (κ3) is 3.31. The summed E-state index contributed by atoms with van der Waals surface area (Å²) in [6.07, 6.45) is 4.98. The van der Waals surface area contributed by atoms with Crippen molar-refractivity contribution in [3.8, 4) is 0 Å². The first kappa shape index (κ1) is 13.5. The van der Waals surface area contributed by atoms with E-state index in [1.54, 1.807) is 30.3 Å². The normalized spacial score (nSPS) is 25.6. The van der Waals surface area contributed by atoms with Gasteiger partial charge in [-0.05, 0) is 25.0 Å². The summed E-state index contributed by atoms with van der Waals surface area (Å²) >= 11 is 0. The van der Waals surface area contributed by atoms with Gasteiger partial charge in [0, 0.05) is 12.1 Å². The van der Waals surface area contributed by atoms with E-state index in [2.05, 4.69) is 4.72 Å². The van der Waals surface area contributed by atoms with E-state index < -0.39 is 10.0 Å². The molecular formula is C13H20N2O2S. The molecule has 100 valence electrons. The summed E-state index contributed by atoms with van der Waals surface area (Å²) in [5.41, 5.74) is 6.04. The molecule has 1 aliphatic rings. The van der Waals surface area contributed by atoms with Crippen molar-refractivity contribution < 1.29 is 8.42 Å². The van der Waals surface area contributed by atoms with Crippen LogP contribution in [-0.2, 0) is 10.0 Å². The average Bonchev–Trinajstić information content (AvgIpc) is 2.56. The Hall–Kier alpha value is -0.910. The summed E-state index contributed by atoms with van der Waals surface area (Å²) < 4.78 is 27.1. The van der Waals surface area contributed by atoms with E-state index in [1.165, 1.54) is 0 Å². The predicted molar refractivity (Wildman–Crippen MR) is 71.6 cm³/mol. The van der Waals surface area contributed by atoms with E-state index in [0.717, 1.165) is 32.1 Å². The highest BCUT2D eigenvalue weighted by molar-refractivity contribution is 7.89. The van der Waals surface area contributed by atoms with Crippen LogP contribution in [0.3, 0.4) is 0 Å². The predicted octanol–water partition coefficient (Wildman–Crippen LogP) is 1.62. The number of nitrogens with one attached hydrogen (secondary N) is 1. The molecule has 0 saturated heterocycles. The number of benzene rings is 1. The Balaban J connectivity index is 2.12. The van der Waals surface area contributed by atoms with Crippen LogP contribution in [-0.4, -0.2) is 20.5 Å². The van der Waals surface area contributed by atoms with Gasteiger partial charge in [-0.2, -0.15) is 0 Å². The highest BCUT2D eigenvalue weighted by atomic mass is 32.2. The van der Waals surface area contributed by atoms with Crippen molar-refractivity contribution in [3.05, 3.63) is 30.3 Å². The summed E-state index contributed by atoms with van der Waals surface area (Å²) in [5, 5.41) is 0. The van der Waals surface area contributed by atoms with Crippen molar-refractivity contribution in [1.29, 1.82) is 0 Å². The van der Waals surface area contributed by atoms with Crippen LogP contribution in [0.4, 0.5) is 0 Å². The quantitative estimate of drug-likeness (QED) is 0.818. The molecule has 2 rings (SSSR count). The van der Waals surface area contributed by atoms with E-state index in [9.17, 15) is 8.42 Å². The maximum absolute atomic E-state index is 12.2. The van der Waals surface area contributed by atoms with Gasteiger partial charge < -0.3 is 5.73 Å². The van der Waals surface area contributed by atoms with Gasteiger partial charge in [0.15, 0.2) is 0 Å². The SMILES string of the molecule is NC1CCCCCC1NS(=O)(=O)c1ccccc1. The van der Waals surface area contributed by atoms with Crippen molar-refractivity contribution in [2.75, 3.05) is 0 Å². The zero-order valence-electron chi connectivity index (χ0n) is 10.4. The molecule has 0 aromatic heterocycles. The molecule has 1 fully saturated rings. The lowest BCUT2D eigenvalue weighted by molar-refractivity contribution is 0.456. The van der Waals surface area contributed by atoms with Crippen LogP contribution in [0.15, 0.2) is 35.2 Å². The second kappa shape index (κ2) is 5.82. The standard InChI is InChI=1S/C13H20N2O2S/c14-12-9-5-2-6-10-13(12)15-18(16,17)11-7-3-1-4-8-11/h1,3-4,7-8,12-13,15H,2,5-6,9-10,14H2. The first-order valence-electron chi connectivity index (χ1n) is 6.42. The highest BCUT2D eigenvalue weighted by Crippen LogP contribution is 2.19. The van der Waals surface area contributed by atoms with E-state index in [1.807, 2.05) is 0 Å². The van der Waals surface area contributed by atoms with Crippen LogP contribution in [0, 0.1) is 0 Å². The maximum atomic E-state index is 12.2. The van der Waals surface area contributed by atoms with Crippen molar-refractivity contribution in [2.24, 2.45) is 5.73 Å². The lowest BCUT2D eigenvalue weighted by Gasteiger charge is -2.22. The molecule has 4 nitrogen and oxygen atoms in total. The van der Waals surface area contributed by atoms with Gasteiger partial charge >= 0.3 is 0 Å². The molecule has 0 spiro atoms. The molecule has 3 N–H and O–H groups in total. The first-order valence-corrected chi connectivity index (χ1v) is 7.91. The van der Waals surface area contributed by atoms with Gasteiger partial charge in [-0.15, -0.1) is 0 Å². The van der Waals surface area contributed by atoms with Gasteiger partial charge in [-0.3, -0.25) is 0 Å². The van der Waals surface area contributed by atoms with Gasteiger partial charge in [0.2, 0.25) is 10.0 Å². The minimum absolute atomic E-state index is 0.0778. The summed E-state index contributed by atoms with van der Waals surface area (Å²) in [5.74, 6) is 0. The Labute approximate surface area is 109 Å². The number of sulfonamides is 1. The van der Waals surface area contributed by atoms with Crippen LogP contribution >= 0.6 is 0 Å². The minimum atomic E-state index is -3.44. The molecule has 0 amide bonds. The first-order chi connectivity index (χ1) is 8.59. The molecule has 0 heterocycles. The lowest BCUT2D eigenvalue weighted by atomic mass is 10.1. The Morgan fingerprint density at radius 2 is 1.72 bits per heavy atom. The average molecular weight is 268 g/mol. The molecule has 2 atom stereocenters. The van der Waals surface area contributed by atoms with E-state index in [0.29, 0.717) is 4.90 Å². The molecule has 1 aliphatic carbocycles. The number of hydrogen-bond donors (Lipinski definition) is 2.